The van der Waals surface area contributed by atoms with Gasteiger partial charge in [-0.2, -0.15) is 25.3 Å². The van der Waals surface area contributed by atoms with Gasteiger partial charge >= 0.3 is 35.9 Å². The fourth-order valence-corrected chi connectivity index (χ4v) is 18.7. The zero-order valence-corrected chi connectivity index (χ0v) is 80.0. The number of ether oxygens (including phenoxy) is 1. The van der Waals surface area contributed by atoms with Crippen LogP contribution in [0.3, 0.4) is 0 Å². The normalized spacial score (nSPS) is 17.0. The van der Waals surface area contributed by atoms with Crippen LogP contribution in [0.4, 0.5) is 10.5 Å². The number of nitrogens with one attached hydrogen (secondary N) is 9. The number of carboxylic acid groups (broad SMARTS) is 5. The summed E-state index contributed by atoms with van der Waals surface area (Å²) in [6.07, 6.45) is 8.65. The Hall–Kier alpha value is -12.1. The number of rotatable bonds is 59. The first kappa shape index (κ1) is 112. The van der Waals surface area contributed by atoms with Crippen molar-refractivity contribution in [1.82, 2.24) is 57.3 Å². The van der Waals surface area contributed by atoms with Gasteiger partial charge in [0.05, 0.1) is 27.7 Å². The molecule has 1 aliphatic carbocycles. The number of allylic oxidation sites excluding steroid dienone is 4. The summed E-state index contributed by atoms with van der Waals surface area (Å²) in [5.41, 5.74) is 10.0. The van der Waals surface area contributed by atoms with Gasteiger partial charge in [-0.25, -0.2) is 19.2 Å². The van der Waals surface area contributed by atoms with Crippen molar-refractivity contribution in [3.05, 3.63) is 149 Å². The van der Waals surface area contributed by atoms with E-state index in [0.717, 1.165) is 27.5 Å². The molecule has 0 saturated carbocycles. The lowest BCUT2D eigenvalue weighted by atomic mass is 9.73. The smallest absolute Gasteiger partial charge is 0.327 e. The maximum Gasteiger partial charge on any atom is 0.327 e. The minimum atomic E-state index is -4.78. The van der Waals surface area contributed by atoms with Crippen LogP contribution in [0.25, 0.3) is 0 Å². The predicted molar refractivity (Wildman–Crippen MR) is 500 cm³/mol. The van der Waals surface area contributed by atoms with E-state index in [1.54, 1.807) is 60.7 Å². The number of carboxylic acids is 5. The maximum atomic E-state index is 14.3. The molecule has 137 heavy (non-hydrogen) atoms. The third kappa shape index (κ3) is 36.7. The van der Waals surface area contributed by atoms with Gasteiger partial charge < -0.3 is 104 Å². The number of carbonyl (C=O) groups excluding carboxylic acids is 8. The lowest BCUT2D eigenvalue weighted by molar-refractivity contribution is -0.143. The number of amides is 9. The van der Waals surface area contributed by atoms with Gasteiger partial charge in [-0.3, -0.25) is 61.4 Å². The summed E-state index contributed by atoms with van der Waals surface area (Å²) in [6, 6.07) is 9.03. The van der Waals surface area contributed by atoms with Crippen LogP contribution in [-0.2, 0) is 117 Å². The second-order valence-corrected chi connectivity index (χ2v) is 40.4. The number of aliphatic carboxylic acids is 5. The van der Waals surface area contributed by atoms with Crippen molar-refractivity contribution in [2.75, 3.05) is 61.4 Å². The van der Waals surface area contributed by atoms with E-state index in [9.17, 15) is 132 Å². The quantitative estimate of drug-likeness (QED) is 0.0125. The number of urea groups is 1. The monoisotopic (exact) mass is 2000 g/mol. The summed E-state index contributed by atoms with van der Waals surface area (Å²) in [6.45, 7) is 10.1. The molecule has 0 spiro atoms. The molecule has 9 amide bonds. The first-order valence-electron chi connectivity index (χ1n) is 44.8. The Morgan fingerprint density at radius 1 is 0.599 bits per heavy atom. The highest BCUT2D eigenvalue weighted by Crippen LogP contribution is 2.51. The van der Waals surface area contributed by atoms with E-state index in [4.69, 9.17) is 15.6 Å². The molecule has 0 bridgehead atoms. The highest BCUT2D eigenvalue weighted by Gasteiger charge is 2.48. The van der Waals surface area contributed by atoms with E-state index in [1.807, 2.05) is 53.3 Å². The summed E-state index contributed by atoms with van der Waals surface area (Å²) in [4.78, 5) is 171. The number of aromatic hydroxyl groups is 2. The maximum absolute atomic E-state index is 14.3. The average Bonchev–Trinajstić information content (AvgIpc) is 1.62. The largest absolute Gasteiger partial charge is 0.494 e. The molecule has 7 rings (SSSR count). The molecule has 47 heteroatoms. The van der Waals surface area contributed by atoms with Crippen molar-refractivity contribution < 1.29 is 142 Å². The number of unbranched alkanes of at least 4 members (excludes halogenated alkanes) is 4. The second-order valence-electron chi connectivity index (χ2n) is 34.8. The summed E-state index contributed by atoms with van der Waals surface area (Å²) in [7, 11) is -13.4. The molecule has 10 atom stereocenters. The second kappa shape index (κ2) is 52.4. The van der Waals surface area contributed by atoms with Crippen LogP contribution in [0.1, 0.15) is 173 Å². The van der Waals surface area contributed by atoms with Crippen molar-refractivity contribution in [3.8, 4) is 11.8 Å². The lowest BCUT2D eigenvalue weighted by Gasteiger charge is -2.38. The van der Waals surface area contributed by atoms with Crippen LogP contribution in [0.2, 0.25) is 0 Å². The fourth-order valence-electron chi connectivity index (χ4n) is 16.2. The molecule has 3 aliphatic rings. The van der Waals surface area contributed by atoms with Crippen LogP contribution in [0.15, 0.2) is 142 Å². The Balaban J connectivity index is 0.914. The van der Waals surface area contributed by atoms with Crippen LogP contribution >= 0.6 is 11.8 Å². The van der Waals surface area contributed by atoms with Crippen molar-refractivity contribution in [2.45, 2.75) is 246 Å². The summed E-state index contributed by atoms with van der Waals surface area (Å²) in [5, 5.41) is 92.1. The SMILES string of the molecule is CCN(CCCS(=O)(=O)O)C1=CC2=C(CC1)C(C(C)(C)C)=CC(C=CCC1N(CCCS(=O)(=O)O)c3ccc(S(=O)(=O)O)cc3C1(C)CCCC(=O)NCCn1c(O)cc(SCC(NC(=O)C(CC(=O)O)NC(=O)C(N)CNC(=O)C(Cc3ccccc3)NC(=O)C(Cc3ccccc3)NC(=O)CCCCCCCNC(=O)CCC(NC(=O)NC(CCC(=O)O)C(=O)O)C(=O)O)C(=O)O)c1O)O2. The van der Waals surface area contributed by atoms with Crippen LogP contribution in [0.5, 0.6) is 11.8 Å². The van der Waals surface area contributed by atoms with Gasteiger partial charge in [-0.1, -0.05) is 114 Å². The summed E-state index contributed by atoms with van der Waals surface area (Å²) < 4.78 is 110. The van der Waals surface area contributed by atoms with E-state index in [-0.39, 0.29) is 107 Å². The number of fused-ring (bicyclic) bond motifs is 1. The van der Waals surface area contributed by atoms with Gasteiger partial charge in [0.25, 0.3) is 30.4 Å². The first-order valence-corrected chi connectivity index (χ1v) is 50.4. The number of carbonyl (C=O) groups is 13. The Morgan fingerprint density at radius 3 is 1.75 bits per heavy atom. The number of thioether (sulfide) groups is 1. The molecule has 10 unspecified atom stereocenters. The van der Waals surface area contributed by atoms with Crippen molar-refractivity contribution >= 4 is 125 Å². The standard InChI is InChI=1S/C90H125N13O30S4/c1-6-101(41-20-44-135(124,125)126)57-30-32-60-61(89(2,3)4)49-58(133-71(60)48-57)26-18-27-73-90(5,62-50-59(137(130,131)132)31-35-70(62)102(73)42-21-45-136(127,128)129)38-19-29-74(104)93-40-43-103-77(107)52-72(84(103)116)134-54-69(87(121)122)98-83(115)68(51-79(110)111)96-80(112)63(91)53-94-81(113)66(46-55-22-12-10-13-23-55)97-82(114)67(47-56-24-14-11-15-25-56)95-76(106)28-16-8-7-9-17-39-92-75(105)36-33-64(85(117)118)99-88(123)100-65(86(119)120)34-37-78(108)109/h10-15,18,22-26,31,35,48-50,52,58,63-69,73,107,116H,6-9,16-17,19-21,27-30,32-34,36-47,51,53-54,91H2,1-5H3,(H,92,105)(H,93,104)(H,94,113)(H,95,106)(H,96,112)(H,97,114)(H,98,115)(H,108,109)(H,110,111)(H,117,118)(H,119,120)(H,121,122)(H2,99,100,123)(H,124,125,126)(H,127,128,129)(H,130,131,132). The molecular weight excluding hydrogens is 1870 g/mol. The molecular formula is C90H125N13O30S4. The Kier molecular flexibility index (Phi) is 42.8. The number of hydrogen-bond donors (Lipinski definition) is 20. The van der Waals surface area contributed by atoms with Gasteiger partial charge in [0.1, 0.15) is 54.2 Å². The number of nitrogens with zero attached hydrogens (tertiary/aromatic N) is 3. The lowest BCUT2D eigenvalue weighted by Crippen LogP contribution is -2.58. The number of hydrogen-bond acceptors (Lipinski definition) is 26. The molecule has 0 fully saturated rings. The van der Waals surface area contributed by atoms with E-state index < -0.39 is 227 Å². The third-order valence-corrected chi connectivity index (χ3v) is 26.8. The highest BCUT2D eigenvalue weighted by atomic mass is 32.2. The Bertz CT molecular complexity index is 5440. The van der Waals surface area contributed by atoms with E-state index in [1.165, 1.54) is 18.2 Å². The first-order chi connectivity index (χ1) is 64.4. The molecule has 2 aliphatic heterocycles. The van der Waals surface area contributed by atoms with Gasteiger partial charge in [0.15, 0.2) is 5.88 Å². The van der Waals surface area contributed by atoms with Crippen LogP contribution < -0.4 is 58.5 Å². The minimum Gasteiger partial charge on any atom is -0.494 e. The van der Waals surface area contributed by atoms with Gasteiger partial charge in [-0.15, -0.1) is 11.8 Å². The van der Waals surface area contributed by atoms with Gasteiger partial charge in [0, 0.05) is 119 Å². The number of anilines is 1. The highest BCUT2D eigenvalue weighted by molar-refractivity contribution is 7.99. The zero-order chi connectivity index (χ0) is 101. The molecule has 43 nitrogen and oxygen atoms in total. The average molecular weight is 2000 g/mol. The van der Waals surface area contributed by atoms with Crippen LogP contribution in [0, 0.1) is 5.41 Å². The topological polar surface area (TPSA) is 682 Å². The third-order valence-electron chi connectivity index (χ3n) is 23.3. The minimum absolute atomic E-state index is 0.0191. The number of aromatic nitrogens is 1. The molecule has 21 N–H and O–H groups in total. The molecule has 0 radical (unpaired) electrons. The summed E-state index contributed by atoms with van der Waals surface area (Å²) in [5.74, 6) is -15.4. The molecule has 754 valence electrons. The predicted octanol–water partition coefficient (Wildman–Crippen LogP) is 4.53. The number of benzene rings is 3. The van der Waals surface area contributed by atoms with Crippen molar-refractivity contribution in [1.29, 1.82) is 0 Å². The molecule has 3 heterocycles. The van der Waals surface area contributed by atoms with E-state index in [2.05, 4.69) is 63.3 Å². The molecule has 0 saturated heterocycles. The Morgan fingerprint density at radius 2 is 1.16 bits per heavy atom. The van der Waals surface area contributed by atoms with Crippen LogP contribution in [-0.4, -0.2) is 272 Å². The Labute approximate surface area is 798 Å². The molecule has 1 aromatic heterocycles. The molecule has 4 aromatic rings. The van der Waals surface area contributed by atoms with Crippen molar-refractivity contribution in [2.24, 2.45) is 11.1 Å². The zero-order valence-electron chi connectivity index (χ0n) is 76.7. The fraction of sp³-hybridized carbons (Fsp3) is 0.522. The van der Waals surface area contributed by atoms with Crippen molar-refractivity contribution in [3.63, 3.8) is 0 Å². The number of nitrogens with two attached hydrogens (primary N) is 1. The van der Waals surface area contributed by atoms with Gasteiger partial charge in [0.2, 0.25) is 47.2 Å². The summed E-state index contributed by atoms with van der Waals surface area (Å²) >= 11 is 0.634. The van der Waals surface area contributed by atoms with E-state index >= 15 is 0 Å². The molecule has 3 aromatic carbocycles. The van der Waals surface area contributed by atoms with E-state index in [0.29, 0.717) is 97.9 Å². The van der Waals surface area contributed by atoms with Gasteiger partial charge in [-0.05, 0) is 147 Å².